The minimum Gasteiger partial charge on any atom is -0.140 e. The Morgan fingerprint density at radius 3 is 1.91 bits per heavy atom. The van der Waals surface area contributed by atoms with Gasteiger partial charge in [-0.1, -0.05) is 26.0 Å². The van der Waals surface area contributed by atoms with Crippen LogP contribution in [0, 0.1) is 0 Å². The lowest BCUT2D eigenvalue weighted by Crippen LogP contribution is -2.17. The molecule has 0 nitrogen and oxygen atoms in total. The standard InChI is InChI=1S/C9H16S2/c1-3-9(4-2)10-7-5-6-8-11-9/h5-6H,3-4,7-8H2,1-2H3. The third-order valence-corrected chi connectivity index (χ3v) is 5.76. The van der Waals surface area contributed by atoms with Gasteiger partial charge in [0.2, 0.25) is 0 Å². The lowest BCUT2D eigenvalue weighted by Gasteiger charge is -2.28. The second kappa shape index (κ2) is 4.46. The summed E-state index contributed by atoms with van der Waals surface area (Å²) >= 11 is 4.22. The topological polar surface area (TPSA) is 0 Å². The van der Waals surface area contributed by atoms with Crippen LogP contribution in [0.25, 0.3) is 0 Å². The molecule has 1 aliphatic heterocycles. The van der Waals surface area contributed by atoms with E-state index in [2.05, 4.69) is 49.5 Å². The van der Waals surface area contributed by atoms with E-state index < -0.39 is 0 Å². The first-order valence-corrected chi connectivity index (χ1v) is 6.23. The monoisotopic (exact) mass is 188 g/mol. The minimum atomic E-state index is 0.517. The molecule has 0 saturated carbocycles. The maximum Gasteiger partial charge on any atom is 0.0612 e. The van der Waals surface area contributed by atoms with Crippen molar-refractivity contribution in [2.75, 3.05) is 11.5 Å². The molecule has 0 N–H and O–H groups in total. The van der Waals surface area contributed by atoms with Gasteiger partial charge in [-0.25, -0.2) is 0 Å². The van der Waals surface area contributed by atoms with Gasteiger partial charge in [0, 0.05) is 11.5 Å². The van der Waals surface area contributed by atoms with Gasteiger partial charge in [0.25, 0.3) is 0 Å². The van der Waals surface area contributed by atoms with Crippen molar-refractivity contribution in [3.8, 4) is 0 Å². The Labute approximate surface area is 78.2 Å². The van der Waals surface area contributed by atoms with E-state index >= 15 is 0 Å². The molecule has 64 valence electrons. The maximum absolute atomic E-state index is 2.30. The second-order valence-electron chi connectivity index (χ2n) is 2.71. The van der Waals surface area contributed by atoms with E-state index in [9.17, 15) is 0 Å². The third-order valence-electron chi connectivity index (χ3n) is 2.13. The van der Waals surface area contributed by atoms with Gasteiger partial charge >= 0.3 is 0 Å². The normalized spacial score (nSPS) is 23.1. The van der Waals surface area contributed by atoms with Crippen molar-refractivity contribution in [1.82, 2.24) is 0 Å². The fraction of sp³-hybridized carbons (Fsp3) is 0.778. The minimum absolute atomic E-state index is 0.517. The number of thioether (sulfide) groups is 2. The summed E-state index contributed by atoms with van der Waals surface area (Å²) in [5, 5.41) is 0. The molecule has 2 heteroatoms. The number of hydrogen-bond acceptors (Lipinski definition) is 2. The van der Waals surface area contributed by atoms with Crippen LogP contribution in [0.4, 0.5) is 0 Å². The van der Waals surface area contributed by atoms with Crippen LogP contribution in [0.3, 0.4) is 0 Å². The Morgan fingerprint density at radius 1 is 1.09 bits per heavy atom. The van der Waals surface area contributed by atoms with Crippen LogP contribution in [-0.2, 0) is 0 Å². The van der Waals surface area contributed by atoms with Gasteiger partial charge in [-0.15, -0.1) is 23.5 Å². The summed E-state index contributed by atoms with van der Waals surface area (Å²) in [6.45, 7) is 4.60. The van der Waals surface area contributed by atoms with Gasteiger partial charge in [0.1, 0.15) is 0 Å². The first-order valence-electron chi connectivity index (χ1n) is 4.26. The third kappa shape index (κ3) is 2.45. The van der Waals surface area contributed by atoms with E-state index in [0.29, 0.717) is 4.08 Å². The fourth-order valence-electron chi connectivity index (χ4n) is 1.24. The van der Waals surface area contributed by atoms with E-state index in [0.717, 1.165) is 0 Å². The Bertz CT molecular complexity index is 124. The maximum atomic E-state index is 2.30. The molecule has 1 aliphatic rings. The van der Waals surface area contributed by atoms with Gasteiger partial charge in [-0.05, 0) is 12.8 Å². The van der Waals surface area contributed by atoms with Crippen LogP contribution < -0.4 is 0 Å². The molecule has 0 bridgehead atoms. The lowest BCUT2D eigenvalue weighted by molar-refractivity contribution is 0.741. The van der Waals surface area contributed by atoms with Crippen molar-refractivity contribution in [1.29, 1.82) is 0 Å². The van der Waals surface area contributed by atoms with E-state index in [4.69, 9.17) is 0 Å². The summed E-state index contributed by atoms with van der Waals surface area (Å²) < 4.78 is 0.517. The molecule has 0 radical (unpaired) electrons. The van der Waals surface area contributed by atoms with Gasteiger partial charge < -0.3 is 0 Å². The van der Waals surface area contributed by atoms with Gasteiger partial charge in [-0.2, -0.15) is 0 Å². The fourth-order valence-corrected chi connectivity index (χ4v) is 3.87. The summed E-state index contributed by atoms with van der Waals surface area (Å²) in [6, 6.07) is 0. The van der Waals surface area contributed by atoms with Crippen molar-refractivity contribution in [3.05, 3.63) is 12.2 Å². The van der Waals surface area contributed by atoms with E-state index in [1.54, 1.807) is 0 Å². The van der Waals surface area contributed by atoms with E-state index in [1.165, 1.54) is 24.3 Å². The average Bonchev–Trinajstić information content (AvgIpc) is 2.30. The summed E-state index contributed by atoms with van der Waals surface area (Å²) in [7, 11) is 0. The van der Waals surface area contributed by atoms with Crippen LogP contribution in [0.5, 0.6) is 0 Å². The molecule has 0 spiro atoms. The molecular weight excluding hydrogens is 172 g/mol. The van der Waals surface area contributed by atoms with Gasteiger partial charge in [0.05, 0.1) is 4.08 Å². The Hall–Kier alpha value is 0.440. The molecule has 0 saturated heterocycles. The Morgan fingerprint density at radius 2 is 1.55 bits per heavy atom. The average molecular weight is 188 g/mol. The Balaban J connectivity index is 2.53. The highest BCUT2D eigenvalue weighted by atomic mass is 32.2. The van der Waals surface area contributed by atoms with Crippen LogP contribution in [0.15, 0.2) is 12.2 Å². The highest BCUT2D eigenvalue weighted by Crippen LogP contribution is 2.44. The predicted molar refractivity (Wildman–Crippen MR) is 57.4 cm³/mol. The molecule has 11 heavy (non-hydrogen) atoms. The zero-order valence-corrected chi connectivity index (χ0v) is 8.93. The van der Waals surface area contributed by atoms with Crippen molar-refractivity contribution in [2.45, 2.75) is 30.8 Å². The SMILES string of the molecule is CCC1(CC)SCC=CCS1. The quantitative estimate of drug-likeness (QED) is 0.608. The van der Waals surface area contributed by atoms with Crippen LogP contribution in [0.1, 0.15) is 26.7 Å². The van der Waals surface area contributed by atoms with Crippen molar-refractivity contribution in [2.24, 2.45) is 0 Å². The zero-order chi connectivity index (χ0) is 8.16. The molecule has 0 unspecified atom stereocenters. The van der Waals surface area contributed by atoms with Crippen molar-refractivity contribution >= 4 is 23.5 Å². The van der Waals surface area contributed by atoms with Crippen LogP contribution in [0.2, 0.25) is 0 Å². The number of hydrogen-bond donors (Lipinski definition) is 0. The largest absolute Gasteiger partial charge is 0.140 e. The highest BCUT2D eigenvalue weighted by Gasteiger charge is 2.26. The zero-order valence-electron chi connectivity index (χ0n) is 7.30. The molecule has 1 rings (SSSR count). The molecule has 0 amide bonds. The highest BCUT2D eigenvalue weighted by molar-refractivity contribution is 8.18. The molecule has 0 aromatic rings. The van der Waals surface area contributed by atoms with Crippen molar-refractivity contribution < 1.29 is 0 Å². The Kier molecular flexibility index (Phi) is 3.86. The van der Waals surface area contributed by atoms with Gasteiger partial charge in [0.15, 0.2) is 0 Å². The van der Waals surface area contributed by atoms with E-state index in [-0.39, 0.29) is 0 Å². The van der Waals surface area contributed by atoms with Crippen LogP contribution in [-0.4, -0.2) is 15.6 Å². The first kappa shape index (κ1) is 9.53. The molecule has 0 fully saturated rings. The van der Waals surface area contributed by atoms with Crippen molar-refractivity contribution in [3.63, 3.8) is 0 Å². The first-order chi connectivity index (χ1) is 5.33. The number of rotatable bonds is 2. The smallest absolute Gasteiger partial charge is 0.0612 e. The molecule has 1 heterocycles. The van der Waals surface area contributed by atoms with Gasteiger partial charge in [-0.3, -0.25) is 0 Å². The second-order valence-corrected chi connectivity index (χ2v) is 5.78. The van der Waals surface area contributed by atoms with E-state index in [1.807, 2.05) is 0 Å². The summed E-state index contributed by atoms with van der Waals surface area (Å²) in [6.07, 6.45) is 7.18. The lowest BCUT2D eigenvalue weighted by atomic mass is 10.2. The molecule has 0 atom stereocenters. The summed E-state index contributed by atoms with van der Waals surface area (Å²) in [5.41, 5.74) is 0. The van der Waals surface area contributed by atoms with Crippen LogP contribution >= 0.6 is 23.5 Å². The molecule has 0 aliphatic carbocycles. The molecule has 0 aromatic carbocycles. The molecular formula is C9H16S2. The summed E-state index contributed by atoms with van der Waals surface area (Å²) in [4.78, 5) is 0. The predicted octanol–water partition coefficient (Wildman–Crippen LogP) is 3.54. The molecule has 0 aromatic heterocycles. The summed E-state index contributed by atoms with van der Waals surface area (Å²) in [5.74, 6) is 2.41.